The highest BCUT2D eigenvalue weighted by Crippen LogP contribution is 2.24. The van der Waals surface area contributed by atoms with Crippen molar-refractivity contribution in [1.82, 2.24) is 9.97 Å². The molecule has 2 heteroatoms. The zero-order valence-electron chi connectivity index (χ0n) is 12.8. The lowest BCUT2D eigenvalue weighted by Gasteiger charge is -2.13. The molecule has 0 saturated carbocycles. The molecule has 1 aromatic heterocycles. The summed E-state index contributed by atoms with van der Waals surface area (Å²) in [5.74, 6) is 1.54. The second-order valence-electron chi connectivity index (χ2n) is 5.60. The molecular formula is C18H26N2. The first-order chi connectivity index (χ1) is 9.85. The van der Waals surface area contributed by atoms with Gasteiger partial charge in [0, 0.05) is 17.5 Å². The van der Waals surface area contributed by atoms with Gasteiger partial charge in [0.05, 0.1) is 5.52 Å². The predicted octanol–water partition coefficient (Wildman–Crippen LogP) is 5.48. The lowest BCUT2D eigenvalue weighted by molar-refractivity contribution is 0.518. The fourth-order valence-electron chi connectivity index (χ4n) is 2.69. The van der Waals surface area contributed by atoms with Crippen molar-refractivity contribution >= 4 is 10.9 Å². The van der Waals surface area contributed by atoms with Crippen LogP contribution in [0.3, 0.4) is 0 Å². The highest BCUT2D eigenvalue weighted by Gasteiger charge is 2.12. The van der Waals surface area contributed by atoms with Crippen molar-refractivity contribution in [3.05, 3.63) is 36.3 Å². The van der Waals surface area contributed by atoms with Gasteiger partial charge < -0.3 is 0 Å². The normalized spacial score (nSPS) is 12.7. The molecule has 2 rings (SSSR count). The largest absolute Gasteiger partial charge is 0.240 e. The minimum absolute atomic E-state index is 0.515. The SMILES string of the molecule is CCCCCCCC(CC)c1ncc2ccccc2n1. The van der Waals surface area contributed by atoms with Gasteiger partial charge in [-0.1, -0.05) is 64.2 Å². The van der Waals surface area contributed by atoms with E-state index >= 15 is 0 Å². The van der Waals surface area contributed by atoms with Crippen molar-refractivity contribution < 1.29 is 0 Å². The third-order valence-corrected chi connectivity index (χ3v) is 4.02. The third-order valence-electron chi connectivity index (χ3n) is 4.02. The van der Waals surface area contributed by atoms with Gasteiger partial charge in [-0.25, -0.2) is 9.97 Å². The number of unbranched alkanes of at least 4 members (excludes halogenated alkanes) is 4. The maximum atomic E-state index is 4.75. The highest BCUT2D eigenvalue weighted by molar-refractivity contribution is 5.77. The van der Waals surface area contributed by atoms with E-state index in [2.05, 4.69) is 31.0 Å². The van der Waals surface area contributed by atoms with Gasteiger partial charge >= 0.3 is 0 Å². The zero-order valence-corrected chi connectivity index (χ0v) is 12.8. The summed E-state index contributed by atoms with van der Waals surface area (Å²) >= 11 is 0. The standard InChI is InChI=1S/C18H26N2/c1-3-5-6-7-8-11-15(4-2)18-19-14-16-12-9-10-13-17(16)20-18/h9-10,12-15H,3-8,11H2,1-2H3. The maximum Gasteiger partial charge on any atom is 0.132 e. The summed E-state index contributed by atoms with van der Waals surface area (Å²) in [6, 6.07) is 8.24. The molecule has 0 aliphatic carbocycles. The van der Waals surface area contributed by atoms with E-state index in [-0.39, 0.29) is 0 Å². The summed E-state index contributed by atoms with van der Waals surface area (Å²) < 4.78 is 0. The van der Waals surface area contributed by atoms with Gasteiger partial charge in [0.25, 0.3) is 0 Å². The van der Waals surface area contributed by atoms with Crippen LogP contribution in [0.25, 0.3) is 10.9 Å². The van der Waals surface area contributed by atoms with E-state index in [0.717, 1.165) is 23.1 Å². The van der Waals surface area contributed by atoms with E-state index < -0.39 is 0 Å². The van der Waals surface area contributed by atoms with Crippen molar-refractivity contribution in [3.8, 4) is 0 Å². The molecule has 1 atom stereocenters. The average Bonchev–Trinajstić information content (AvgIpc) is 2.50. The minimum atomic E-state index is 0.515. The van der Waals surface area contributed by atoms with Crippen LogP contribution in [0.5, 0.6) is 0 Å². The predicted molar refractivity (Wildman–Crippen MR) is 85.9 cm³/mol. The molecule has 1 aromatic carbocycles. The van der Waals surface area contributed by atoms with Crippen LogP contribution in [0.4, 0.5) is 0 Å². The average molecular weight is 270 g/mol. The molecule has 108 valence electrons. The number of para-hydroxylation sites is 1. The summed E-state index contributed by atoms with van der Waals surface area (Å²) in [5.41, 5.74) is 1.07. The van der Waals surface area contributed by atoms with Crippen LogP contribution in [0, 0.1) is 0 Å². The number of hydrogen-bond acceptors (Lipinski definition) is 2. The molecule has 0 bridgehead atoms. The van der Waals surface area contributed by atoms with Crippen LogP contribution in [0.2, 0.25) is 0 Å². The van der Waals surface area contributed by atoms with Gasteiger partial charge in [-0.15, -0.1) is 0 Å². The first-order valence-electron chi connectivity index (χ1n) is 8.06. The van der Waals surface area contributed by atoms with E-state index in [1.165, 1.54) is 38.5 Å². The molecule has 0 N–H and O–H groups in total. The van der Waals surface area contributed by atoms with Crippen LogP contribution >= 0.6 is 0 Å². The first-order valence-corrected chi connectivity index (χ1v) is 8.06. The number of aromatic nitrogens is 2. The van der Waals surface area contributed by atoms with E-state index in [1.807, 2.05) is 18.3 Å². The second-order valence-corrected chi connectivity index (χ2v) is 5.60. The van der Waals surface area contributed by atoms with Crippen LogP contribution in [-0.2, 0) is 0 Å². The first kappa shape index (κ1) is 15.0. The zero-order chi connectivity index (χ0) is 14.2. The number of benzene rings is 1. The Morgan fingerprint density at radius 3 is 2.60 bits per heavy atom. The monoisotopic (exact) mass is 270 g/mol. The van der Waals surface area contributed by atoms with Gasteiger partial charge in [0.15, 0.2) is 0 Å². The number of fused-ring (bicyclic) bond motifs is 1. The molecule has 1 unspecified atom stereocenters. The molecule has 0 radical (unpaired) electrons. The van der Waals surface area contributed by atoms with Crippen LogP contribution < -0.4 is 0 Å². The topological polar surface area (TPSA) is 25.8 Å². The molecule has 20 heavy (non-hydrogen) atoms. The van der Waals surface area contributed by atoms with Crippen molar-refractivity contribution in [2.75, 3.05) is 0 Å². The van der Waals surface area contributed by atoms with Gasteiger partial charge in [-0.05, 0) is 18.9 Å². The third kappa shape index (κ3) is 4.03. The molecule has 0 aliphatic heterocycles. The van der Waals surface area contributed by atoms with E-state index in [0.29, 0.717) is 5.92 Å². The molecule has 2 nitrogen and oxygen atoms in total. The number of hydrogen-bond donors (Lipinski definition) is 0. The summed E-state index contributed by atoms with van der Waals surface area (Å²) in [6.07, 6.45) is 11.0. The molecule has 0 amide bonds. The molecule has 0 fully saturated rings. The number of rotatable bonds is 8. The van der Waals surface area contributed by atoms with E-state index in [9.17, 15) is 0 Å². The molecule has 1 heterocycles. The number of nitrogens with zero attached hydrogens (tertiary/aromatic N) is 2. The fraction of sp³-hybridized carbons (Fsp3) is 0.556. The lowest BCUT2D eigenvalue weighted by atomic mass is 9.97. The Balaban J connectivity index is 1.98. The Bertz CT molecular complexity index is 522. The molecule has 2 aromatic rings. The lowest BCUT2D eigenvalue weighted by Crippen LogP contribution is -2.04. The Hall–Kier alpha value is -1.44. The summed E-state index contributed by atoms with van der Waals surface area (Å²) in [4.78, 5) is 9.33. The molecular weight excluding hydrogens is 244 g/mol. The summed E-state index contributed by atoms with van der Waals surface area (Å²) in [5, 5.41) is 1.13. The van der Waals surface area contributed by atoms with Crippen LogP contribution in [-0.4, -0.2) is 9.97 Å². The van der Waals surface area contributed by atoms with E-state index in [4.69, 9.17) is 4.98 Å². The Morgan fingerprint density at radius 1 is 1.00 bits per heavy atom. The smallest absolute Gasteiger partial charge is 0.132 e. The Labute approximate surface area is 122 Å². The summed E-state index contributed by atoms with van der Waals surface area (Å²) in [7, 11) is 0. The molecule has 0 saturated heterocycles. The van der Waals surface area contributed by atoms with Crippen molar-refractivity contribution in [1.29, 1.82) is 0 Å². The molecule has 0 spiro atoms. The van der Waals surface area contributed by atoms with Crippen LogP contribution in [0.15, 0.2) is 30.5 Å². The quantitative estimate of drug-likeness (QED) is 0.593. The van der Waals surface area contributed by atoms with Gasteiger partial charge in [-0.3, -0.25) is 0 Å². The highest BCUT2D eigenvalue weighted by atomic mass is 14.9. The van der Waals surface area contributed by atoms with Crippen molar-refractivity contribution in [2.24, 2.45) is 0 Å². The maximum absolute atomic E-state index is 4.75. The van der Waals surface area contributed by atoms with E-state index in [1.54, 1.807) is 0 Å². The van der Waals surface area contributed by atoms with Crippen LogP contribution in [0.1, 0.15) is 70.5 Å². The van der Waals surface area contributed by atoms with Crippen molar-refractivity contribution in [3.63, 3.8) is 0 Å². The van der Waals surface area contributed by atoms with Gasteiger partial charge in [-0.2, -0.15) is 0 Å². The second kappa shape index (κ2) is 7.98. The van der Waals surface area contributed by atoms with Gasteiger partial charge in [0.1, 0.15) is 5.82 Å². The Morgan fingerprint density at radius 2 is 1.80 bits per heavy atom. The molecule has 0 aliphatic rings. The Kier molecular flexibility index (Phi) is 5.97. The minimum Gasteiger partial charge on any atom is -0.240 e. The van der Waals surface area contributed by atoms with Gasteiger partial charge in [0.2, 0.25) is 0 Å². The fourth-order valence-corrected chi connectivity index (χ4v) is 2.69. The van der Waals surface area contributed by atoms with Crippen molar-refractivity contribution in [2.45, 2.75) is 64.7 Å². The summed E-state index contributed by atoms with van der Waals surface area (Å²) in [6.45, 7) is 4.51.